The molecule has 15 heteroatoms. The summed E-state index contributed by atoms with van der Waals surface area (Å²) in [7, 11) is 1.94. The number of hydrogen-bond acceptors (Lipinski definition) is 9. The van der Waals surface area contributed by atoms with E-state index in [9.17, 15) is 23.1 Å². The molecule has 0 radical (unpaired) electrons. The summed E-state index contributed by atoms with van der Waals surface area (Å²) < 4.78 is 64.0. The lowest BCUT2D eigenvalue weighted by molar-refractivity contribution is -0.126. The number of anilines is 1. The van der Waals surface area contributed by atoms with Crippen LogP contribution in [0.5, 0.6) is 0 Å². The van der Waals surface area contributed by atoms with Crippen molar-refractivity contribution in [3.8, 4) is 10.7 Å². The second-order valence-electron chi connectivity index (χ2n) is 12.2. The van der Waals surface area contributed by atoms with Crippen molar-refractivity contribution < 1.29 is 32.0 Å². The van der Waals surface area contributed by atoms with Gasteiger partial charge in [0.2, 0.25) is 11.7 Å². The standard InChI is InChI=1S/C29H33F4N7O3S/c1-28(2,42)14-40-10-9-19(37-40)27(41)34-13-22-36-26(38-43-22)25-17(12-29(31,32)33)16-5-4-6-18(24(16)44-25)35-20-11-15-7-8-21(23(20)30)39(15)3/h4-6,9-10,15,20-21,23,35,42H,7-8,11-14H2,1-3H3,(H,34,41)/t15-,20-,21+,23-/m1/s1. The van der Waals surface area contributed by atoms with Crippen LogP contribution < -0.4 is 10.6 Å². The maximum atomic E-state index is 15.4. The zero-order valence-electron chi connectivity index (χ0n) is 24.4. The van der Waals surface area contributed by atoms with Crippen LogP contribution in [0.15, 0.2) is 35.0 Å². The molecule has 5 heterocycles. The minimum Gasteiger partial charge on any atom is -0.389 e. The van der Waals surface area contributed by atoms with Crippen LogP contribution >= 0.6 is 11.3 Å². The molecule has 0 spiro atoms. The average Bonchev–Trinajstić information content (AvgIpc) is 3.71. The predicted molar refractivity (Wildman–Crippen MR) is 156 cm³/mol. The molecule has 2 aliphatic rings. The van der Waals surface area contributed by atoms with Gasteiger partial charge in [0, 0.05) is 18.3 Å². The number of rotatable bonds is 9. The molecule has 6 rings (SSSR count). The van der Waals surface area contributed by atoms with Crippen LogP contribution in [0.4, 0.5) is 23.2 Å². The van der Waals surface area contributed by atoms with Gasteiger partial charge in [0.25, 0.3) is 5.91 Å². The van der Waals surface area contributed by atoms with Crippen LogP contribution in [0.25, 0.3) is 20.8 Å². The van der Waals surface area contributed by atoms with E-state index in [1.165, 1.54) is 10.7 Å². The molecule has 2 bridgehead atoms. The highest BCUT2D eigenvalue weighted by Crippen LogP contribution is 2.45. The fourth-order valence-electron chi connectivity index (χ4n) is 6.21. The minimum atomic E-state index is -4.50. The van der Waals surface area contributed by atoms with Crippen molar-refractivity contribution in [1.82, 2.24) is 30.1 Å². The Kier molecular flexibility index (Phi) is 7.91. The van der Waals surface area contributed by atoms with Crippen molar-refractivity contribution in [3.63, 3.8) is 0 Å². The SMILES string of the molecule is CN1[C@@H]2CC[C@H]1[C@H](F)[C@H](Nc1cccc3c(CC(F)(F)F)c(-c4noc(CNC(=O)c5ccn(CC(C)(C)O)n5)n4)sc13)C2. The number of fused-ring (bicyclic) bond motifs is 3. The third-order valence-corrected chi connectivity index (χ3v) is 9.48. The summed E-state index contributed by atoms with van der Waals surface area (Å²) >= 11 is 1.09. The smallest absolute Gasteiger partial charge is 0.389 e. The van der Waals surface area contributed by atoms with Gasteiger partial charge in [-0.1, -0.05) is 17.3 Å². The van der Waals surface area contributed by atoms with Crippen LogP contribution in [0.3, 0.4) is 0 Å². The molecule has 2 fully saturated rings. The van der Waals surface area contributed by atoms with E-state index in [-0.39, 0.29) is 53.0 Å². The quantitative estimate of drug-likeness (QED) is 0.221. The van der Waals surface area contributed by atoms with Crippen LogP contribution in [-0.2, 0) is 19.5 Å². The van der Waals surface area contributed by atoms with E-state index in [1.54, 1.807) is 38.2 Å². The van der Waals surface area contributed by atoms with Gasteiger partial charge < -0.3 is 20.3 Å². The van der Waals surface area contributed by atoms with Crippen molar-refractivity contribution in [3.05, 3.63) is 47.6 Å². The molecule has 0 unspecified atom stereocenters. The Morgan fingerprint density at radius 3 is 2.77 bits per heavy atom. The third-order valence-electron chi connectivity index (χ3n) is 8.20. The molecule has 0 saturated carbocycles. The van der Waals surface area contributed by atoms with Crippen LogP contribution in [0.1, 0.15) is 55.1 Å². The molecule has 10 nitrogen and oxygen atoms in total. The highest BCUT2D eigenvalue weighted by atomic mass is 32.1. The van der Waals surface area contributed by atoms with E-state index in [4.69, 9.17) is 4.52 Å². The number of aliphatic hydroxyl groups is 1. The van der Waals surface area contributed by atoms with Gasteiger partial charge in [-0.2, -0.15) is 23.3 Å². The number of alkyl halides is 4. The fourth-order valence-corrected chi connectivity index (χ4v) is 7.43. The Balaban J connectivity index is 1.23. The molecule has 2 aliphatic heterocycles. The summed E-state index contributed by atoms with van der Waals surface area (Å²) in [6, 6.07) is 6.17. The van der Waals surface area contributed by atoms with E-state index >= 15 is 4.39 Å². The van der Waals surface area contributed by atoms with Crippen molar-refractivity contribution in [1.29, 1.82) is 0 Å². The minimum absolute atomic E-state index is 0.000101. The number of aromatic nitrogens is 4. The first-order valence-electron chi connectivity index (χ1n) is 14.4. The van der Waals surface area contributed by atoms with Gasteiger partial charge in [0.1, 0.15) is 11.9 Å². The number of carbonyl (C=O) groups excluding carboxylic acids is 1. The molecule has 4 atom stereocenters. The Hall–Kier alpha value is -3.56. The number of carbonyl (C=O) groups is 1. The summed E-state index contributed by atoms with van der Waals surface area (Å²) in [5.74, 6) is -0.556. The predicted octanol–water partition coefficient (Wildman–Crippen LogP) is 4.94. The molecule has 1 amide bonds. The van der Waals surface area contributed by atoms with Gasteiger partial charge in [-0.15, -0.1) is 11.3 Å². The lowest BCUT2D eigenvalue weighted by Crippen LogP contribution is -2.53. The molecule has 1 aromatic carbocycles. The van der Waals surface area contributed by atoms with Crippen molar-refractivity contribution in [2.45, 2.75) is 88.7 Å². The highest BCUT2D eigenvalue weighted by molar-refractivity contribution is 7.23. The maximum absolute atomic E-state index is 15.4. The van der Waals surface area contributed by atoms with Gasteiger partial charge in [0.15, 0.2) is 0 Å². The number of halogens is 4. The number of piperidine rings is 1. The van der Waals surface area contributed by atoms with Gasteiger partial charge >= 0.3 is 6.18 Å². The number of nitrogens with zero attached hydrogens (tertiary/aromatic N) is 5. The number of benzene rings is 1. The molecule has 0 aliphatic carbocycles. The second kappa shape index (κ2) is 11.4. The molecule has 236 valence electrons. The fraction of sp³-hybridized carbons (Fsp3) is 0.517. The molecule has 44 heavy (non-hydrogen) atoms. The van der Waals surface area contributed by atoms with Crippen LogP contribution in [0, 0.1) is 0 Å². The lowest BCUT2D eigenvalue weighted by atomic mass is 9.95. The largest absolute Gasteiger partial charge is 0.393 e. The van der Waals surface area contributed by atoms with Crippen molar-refractivity contribution in [2.24, 2.45) is 0 Å². The zero-order valence-corrected chi connectivity index (χ0v) is 25.2. The number of hydrogen-bond donors (Lipinski definition) is 3. The van der Waals surface area contributed by atoms with E-state index in [0.717, 1.165) is 24.2 Å². The van der Waals surface area contributed by atoms with Crippen LogP contribution in [-0.4, -0.2) is 79.0 Å². The van der Waals surface area contributed by atoms with Crippen molar-refractivity contribution in [2.75, 3.05) is 12.4 Å². The summed E-state index contributed by atoms with van der Waals surface area (Å²) in [5.41, 5.74) is -0.329. The first-order chi connectivity index (χ1) is 20.8. The number of thiophene rings is 1. The van der Waals surface area contributed by atoms with Crippen LogP contribution in [0.2, 0.25) is 0 Å². The van der Waals surface area contributed by atoms with Gasteiger partial charge in [-0.3, -0.25) is 14.4 Å². The average molecular weight is 636 g/mol. The molecule has 3 N–H and O–H groups in total. The summed E-state index contributed by atoms with van der Waals surface area (Å²) in [6.45, 7) is 3.25. The van der Waals surface area contributed by atoms with E-state index in [0.29, 0.717) is 22.2 Å². The third kappa shape index (κ3) is 6.31. The Labute approximate surface area is 254 Å². The molecule has 2 saturated heterocycles. The first kappa shape index (κ1) is 30.5. The monoisotopic (exact) mass is 635 g/mol. The maximum Gasteiger partial charge on any atom is 0.393 e. The first-order valence-corrected chi connectivity index (χ1v) is 15.2. The topological polar surface area (TPSA) is 121 Å². The number of amides is 1. The van der Waals surface area contributed by atoms with E-state index in [1.807, 2.05) is 7.05 Å². The summed E-state index contributed by atoms with van der Waals surface area (Å²) in [4.78, 5) is 19.2. The highest BCUT2D eigenvalue weighted by Gasteiger charge is 2.46. The van der Waals surface area contributed by atoms with Crippen molar-refractivity contribution >= 4 is 33.0 Å². The molecular formula is C29H33F4N7O3S. The second-order valence-corrected chi connectivity index (χ2v) is 13.2. The Bertz CT molecular complexity index is 1660. The van der Waals surface area contributed by atoms with Gasteiger partial charge in [-0.05, 0) is 63.2 Å². The lowest BCUT2D eigenvalue weighted by Gasteiger charge is -2.39. The van der Waals surface area contributed by atoms with E-state index in [2.05, 4.69) is 30.8 Å². The van der Waals surface area contributed by atoms with Gasteiger partial charge in [-0.25, -0.2) is 4.39 Å². The Morgan fingerprint density at radius 1 is 1.23 bits per heavy atom. The van der Waals surface area contributed by atoms with Gasteiger partial charge in [0.05, 0.1) is 46.4 Å². The van der Waals surface area contributed by atoms with E-state index < -0.39 is 36.3 Å². The zero-order chi connectivity index (χ0) is 31.4. The number of nitrogens with one attached hydrogen (secondary N) is 2. The molecule has 3 aromatic heterocycles. The molecular weight excluding hydrogens is 602 g/mol. The molecule has 4 aromatic rings. The summed E-state index contributed by atoms with van der Waals surface area (Å²) in [5, 5.41) is 24.3. The Morgan fingerprint density at radius 2 is 2.02 bits per heavy atom. The summed E-state index contributed by atoms with van der Waals surface area (Å²) in [6.07, 6.45) is -2.92. The normalized spacial score (nSPS) is 22.5.